The van der Waals surface area contributed by atoms with Crippen molar-refractivity contribution in [2.24, 2.45) is 23.3 Å². The van der Waals surface area contributed by atoms with E-state index in [1.54, 1.807) is 20.8 Å². The molecule has 0 radical (unpaired) electrons. The number of aliphatic carboxylic acids is 1. The fourth-order valence-electron chi connectivity index (χ4n) is 3.91. The molecule has 0 spiro atoms. The molecule has 10 atom stereocenters. The summed E-state index contributed by atoms with van der Waals surface area (Å²) in [5.41, 5.74) is 11.2. The molecule has 0 saturated carbocycles. The largest absolute Gasteiger partial charge is 0.480 e. The normalized spacial score (nSPS) is 18.0. The van der Waals surface area contributed by atoms with Gasteiger partial charge in [-0.3, -0.25) is 28.8 Å². The van der Waals surface area contributed by atoms with E-state index >= 15 is 0 Å². The van der Waals surface area contributed by atoms with Crippen LogP contribution in [0.15, 0.2) is 0 Å². The van der Waals surface area contributed by atoms with E-state index in [4.69, 9.17) is 11.5 Å². The Morgan fingerprint density at radius 2 is 0.978 bits per heavy atom. The lowest BCUT2D eigenvalue weighted by Crippen LogP contribution is -2.63. The van der Waals surface area contributed by atoms with Crippen molar-refractivity contribution in [2.75, 3.05) is 0 Å². The van der Waals surface area contributed by atoms with Gasteiger partial charge in [-0.2, -0.15) is 0 Å². The number of nitrogens with two attached hydrogens (primary N) is 2. The van der Waals surface area contributed by atoms with Gasteiger partial charge in [0, 0.05) is 0 Å². The molecule has 0 bridgehead atoms. The van der Waals surface area contributed by atoms with Gasteiger partial charge in [0.25, 0.3) is 0 Å². The number of aliphatic hydroxyl groups is 3. The predicted octanol–water partition coefficient (Wildman–Crippen LogP) is -4.46. The SMILES string of the molecule is CCC(C)[C@H](N)C(=O)N[C@H](C(=O)N[C@H](C(=O)N[C@@H](CC(N)=O)C(=O)N[C@H](C(=O)N[C@H](C(=O)O)C(C)O)C(C)O)C(C)O)C(C)C. The van der Waals surface area contributed by atoms with E-state index in [2.05, 4.69) is 21.3 Å². The number of amides is 6. The Morgan fingerprint density at radius 3 is 1.36 bits per heavy atom. The minimum Gasteiger partial charge on any atom is -0.480 e. The summed E-state index contributed by atoms with van der Waals surface area (Å²) >= 11 is 0. The third-order valence-electron chi connectivity index (χ3n) is 7.02. The lowest BCUT2D eigenvalue weighted by molar-refractivity contribution is -0.146. The standard InChI is InChI=1S/C27H49N7O11/c1-8-11(4)17(29)23(40)31-18(10(2)3)24(41)33-19(12(5)35)25(42)30-15(9-16(28)38)22(39)32-20(13(6)36)26(43)34-21(14(7)37)27(44)45/h10-15,17-21,35-37H,8-9,29H2,1-7H3,(H2,28,38)(H,30,42)(H,31,40)(H,32,39)(H,33,41)(H,34,43)(H,44,45)/t11?,12?,13?,14?,15-,17-,18-,19-,20-,21-/m0/s1. The third kappa shape index (κ3) is 13.3. The first kappa shape index (κ1) is 41.1. The van der Waals surface area contributed by atoms with Crippen molar-refractivity contribution in [1.29, 1.82) is 0 Å². The molecule has 6 amide bonds. The summed E-state index contributed by atoms with van der Waals surface area (Å²) in [5, 5.41) is 50.3. The second-order valence-electron chi connectivity index (χ2n) is 11.4. The number of hydrogen-bond donors (Lipinski definition) is 11. The fourth-order valence-corrected chi connectivity index (χ4v) is 3.91. The Hall–Kier alpha value is -3.87. The monoisotopic (exact) mass is 647 g/mol. The van der Waals surface area contributed by atoms with Crippen LogP contribution < -0.4 is 38.1 Å². The lowest BCUT2D eigenvalue weighted by Gasteiger charge is -2.29. The number of nitrogens with one attached hydrogen (secondary N) is 5. The Morgan fingerprint density at radius 1 is 0.600 bits per heavy atom. The van der Waals surface area contributed by atoms with Crippen LogP contribution in [0.1, 0.15) is 61.3 Å². The number of primary amides is 1. The summed E-state index contributed by atoms with van der Waals surface area (Å²) in [6, 6.07) is -9.19. The Bertz CT molecular complexity index is 1070. The maximum atomic E-state index is 13.2. The summed E-state index contributed by atoms with van der Waals surface area (Å²) in [5.74, 6) is -8.39. The quantitative estimate of drug-likeness (QED) is 0.0632. The number of carboxylic acids is 1. The van der Waals surface area contributed by atoms with Gasteiger partial charge in [0.05, 0.1) is 30.8 Å². The smallest absolute Gasteiger partial charge is 0.328 e. The van der Waals surface area contributed by atoms with Gasteiger partial charge in [-0.25, -0.2) is 4.79 Å². The molecule has 0 aliphatic carbocycles. The van der Waals surface area contributed by atoms with Gasteiger partial charge in [-0.1, -0.05) is 34.1 Å². The molecule has 0 rings (SSSR count). The number of aliphatic hydroxyl groups excluding tert-OH is 3. The molecule has 0 aliphatic heterocycles. The van der Waals surface area contributed by atoms with Gasteiger partial charge in [0.2, 0.25) is 35.4 Å². The molecule has 4 unspecified atom stereocenters. The second-order valence-corrected chi connectivity index (χ2v) is 11.4. The van der Waals surface area contributed by atoms with Crippen molar-refractivity contribution in [1.82, 2.24) is 26.6 Å². The van der Waals surface area contributed by atoms with Crippen LogP contribution in [0, 0.1) is 11.8 Å². The molecule has 18 heteroatoms. The zero-order valence-electron chi connectivity index (χ0n) is 26.6. The van der Waals surface area contributed by atoms with Crippen molar-refractivity contribution in [3.05, 3.63) is 0 Å². The number of carboxylic acid groups (broad SMARTS) is 1. The van der Waals surface area contributed by atoms with Crippen LogP contribution in [-0.2, 0) is 33.6 Å². The molecule has 0 aromatic heterocycles. The van der Waals surface area contributed by atoms with E-state index in [-0.39, 0.29) is 5.92 Å². The Balaban J connectivity index is 5.96. The zero-order chi connectivity index (χ0) is 35.3. The lowest BCUT2D eigenvalue weighted by atomic mass is 9.97. The highest BCUT2D eigenvalue weighted by molar-refractivity contribution is 5.98. The molecule has 0 aromatic carbocycles. The fraction of sp³-hybridized carbons (Fsp3) is 0.741. The minimum absolute atomic E-state index is 0.193. The first-order valence-corrected chi connectivity index (χ1v) is 14.5. The Labute approximate surface area is 261 Å². The van der Waals surface area contributed by atoms with E-state index in [9.17, 15) is 54.0 Å². The molecule has 0 saturated heterocycles. The van der Waals surface area contributed by atoms with Crippen LogP contribution in [0.3, 0.4) is 0 Å². The van der Waals surface area contributed by atoms with Crippen molar-refractivity contribution >= 4 is 41.4 Å². The highest BCUT2D eigenvalue weighted by Gasteiger charge is 2.37. The second kappa shape index (κ2) is 18.8. The predicted molar refractivity (Wildman–Crippen MR) is 158 cm³/mol. The topological polar surface area (TPSA) is 313 Å². The molecule has 18 nitrogen and oxygen atoms in total. The molecule has 0 fully saturated rings. The Kier molecular flexibility index (Phi) is 17.2. The van der Waals surface area contributed by atoms with Gasteiger partial charge >= 0.3 is 5.97 Å². The van der Waals surface area contributed by atoms with E-state index in [1.807, 2.05) is 12.2 Å². The van der Waals surface area contributed by atoms with Gasteiger partial charge < -0.3 is 58.5 Å². The zero-order valence-corrected chi connectivity index (χ0v) is 26.6. The first-order valence-electron chi connectivity index (χ1n) is 14.5. The van der Waals surface area contributed by atoms with Gasteiger partial charge in [-0.05, 0) is 32.6 Å². The maximum Gasteiger partial charge on any atom is 0.328 e. The minimum atomic E-state index is -1.81. The summed E-state index contributed by atoms with van der Waals surface area (Å²) in [6.45, 7) is 10.2. The van der Waals surface area contributed by atoms with Crippen molar-refractivity contribution in [2.45, 2.75) is 116 Å². The van der Waals surface area contributed by atoms with E-state index in [0.717, 1.165) is 20.8 Å². The third-order valence-corrected chi connectivity index (χ3v) is 7.02. The molecular formula is C27H49N7O11. The van der Waals surface area contributed by atoms with Gasteiger partial charge in [-0.15, -0.1) is 0 Å². The molecule has 0 heterocycles. The highest BCUT2D eigenvalue weighted by atomic mass is 16.4. The van der Waals surface area contributed by atoms with Crippen molar-refractivity contribution in [3.8, 4) is 0 Å². The van der Waals surface area contributed by atoms with Crippen LogP contribution in [0.4, 0.5) is 0 Å². The van der Waals surface area contributed by atoms with Crippen molar-refractivity contribution < 1.29 is 54.0 Å². The van der Waals surface area contributed by atoms with E-state index < -0.39 is 108 Å². The van der Waals surface area contributed by atoms with Gasteiger partial charge in [0.15, 0.2) is 6.04 Å². The van der Waals surface area contributed by atoms with E-state index in [1.165, 1.54) is 0 Å². The molecule has 13 N–H and O–H groups in total. The number of carbonyl (C=O) groups excluding carboxylic acids is 6. The molecular weight excluding hydrogens is 598 g/mol. The number of carbonyl (C=O) groups is 7. The average molecular weight is 648 g/mol. The van der Waals surface area contributed by atoms with E-state index in [0.29, 0.717) is 6.42 Å². The first-order chi connectivity index (χ1) is 20.7. The van der Waals surface area contributed by atoms with Crippen LogP contribution in [-0.4, -0.2) is 116 Å². The molecule has 0 aromatic rings. The molecule has 45 heavy (non-hydrogen) atoms. The van der Waals surface area contributed by atoms with Crippen LogP contribution in [0.25, 0.3) is 0 Å². The van der Waals surface area contributed by atoms with Crippen molar-refractivity contribution in [3.63, 3.8) is 0 Å². The van der Waals surface area contributed by atoms with Crippen LogP contribution >= 0.6 is 0 Å². The highest BCUT2D eigenvalue weighted by Crippen LogP contribution is 2.09. The maximum absolute atomic E-state index is 13.2. The summed E-state index contributed by atoms with van der Waals surface area (Å²) in [6.07, 6.45) is -4.95. The van der Waals surface area contributed by atoms with Crippen LogP contribution in [0.5, 0.6) is 0 Å². The number of hydrogen-bond acceptors (Lipinski definition) is 11. The summed E-state index contributed by atoms with van der Waals surface area (Å²) < 4.78 is 0. The number of rotatable bonds is 19. The molecule has 258 valence electrons. The van der Waals surface area contributed by atoms with Crippen LogP contribution in [0.2, 0.25) is 0 Å². The molecule has 0 aliphatic rings. The summed E-state index contributed by atoms with van der Waals surface area (Å²) in [7, 11) is 0. The average Bonchev–Trinajstić information content (AvgIpc) is 2.92. The summed E-state index contributed by atoms with van der Waals surface area (Å²) in [4.78, 5) is 87.7. The van der Waals surface area contributed by atoms with Gasteiger partial charge in [0.1, 0.15) is 24.2 Å².